The van der Waals surface area contributed by atoms with Gasteiger partial charge >= 0.3 is 0 Å². The fraction of sp³-hybridized carbons (Fsp3) is 0.286. The number of thiophene rings is 1. The topological polar surface area (TPSA) is 99.5 Å². The number of aliphatic hydroxyl groups excluding tert-OH is 1. The lowest BCUT2D eigenvalue weighted by Gasteiger charge is -2.19. The minimum Gasteiger partial charge on any atom is -0.393 e. The van der Waals surface area contributed by atoms with Crippen molar-refractivity contribution in [1.82, 2.24) is 4.98 Å². The fourth-order valence-corrected chi connectivity index (χ4v) is 4.53. The number of nitrogens with zero attached hydrogens (tertiary/aromatic N) is 1. The van der Waals surface area contributed by atoms with E-state index in [1.54, 1.807) is 30.5 Å². The van der Waals surface area contributed by atoms with Gasteiger partial charge in [-0.05, 0) is 71.8 Å². The van der Waals surface area contributed by atoms with Crippen LogP contribution in [0.15, 0.2) is 48.0 Å². The number of sulfonamides is 1. The molecule has 0 aliphatic carbocycles. The normalized spacial score (nSPS) is 13.8. The number of hydrogen-bond acceptors (Lipinski definition) is 6. The Morgan fingerprint density at radius 1 is 1.17 bits per heavy atom. The molecule has 3 N–H and O–H groups in total. The highest BCUT2D eigenvalue weighted by atomic mass is 32.2. The summed E-state index contributed by atoms with van der Waals surface area (Å²) in [7, 11) is -3.31. The molecule has 3 rings (SSSR count). The minimum absolute atomic E-state index is 0.267. The van der Waals surface area contributed by atoms with Crippen LogP contribution in [0.3, 0.4) is 0 Å². The van der Waals surface area contributed by atoms with Crippen LogP contribution in [-0.4, -0.2) is 42.1 Å². The Balaban J connectivity index is 1.86. The van der Waals surface area contributed by atoms with Crippen LogP contribution in [0.1, 0.15) is 18.2 Å². The highest BCUT2D eigenvalue weighted by Crippen LogP contribution is 2.35. The van der Waals surface area contributed by atoms with E-state index in [1.807, 2.05) is 31.2 Å². The van der Waals surface area contributed by atoms with E-state index < -0.39 is 15.6 Å². The zero-order chi connectivity index (χ0) is 21.2. The Morgan fingerprint density at radius 2 is 1.93 bits per heavy atom. The molecule has 1 unspecified atom stereocenters. The van der Waals surface area contributed by atoms with Crippen molar-refractivity contribution >= 4 is 27.0 Å². The second-order valence-electron chi connectivity index (χ2n) is 7.47. The van der Waals surface area contributed by atoms with E-state index >= 15 is 0 Å². The second-order valence-corrected chi connectivity index (χ2v) is 10.1. The predicted molar refractivity (Wildman–Crippen MR) is 118 cm³/mol. The molecule has 0 bridgehead atoms. The molecule has 1 aromatic carbocycles. The maximum Gasteiger partial charge on any atom is 0.229 e. The van der Waals surface area contributed by atoms with Crippen LogP contribution in [0.5, 0.6) is 0 Å². The zero-order valence-corrected chi connectivity index (χ0v) is 18.1. The van der Waals surface area contributed by atoms with Crippen LogP contribution in [0.25, 0.3) is 21.6 Å². The molecule has 2 aromatic heterocycles. The fourth-order valence-electron chi connectivity index (χ4n) is 3.07. The minimum atomic E-state index is -3.31. The van der Waals surface area contributed by atoms with Crippen molar-refractivity contribution in [2.24, 2.45) is 0 Å². The van der Waals surface area contributed by atoms with Gasteiger partial charge in [0.1, 0.15) is 0 Å². The number of hydrogen-bond donors (Lipinski definition) is 3. The van der Waals surface area contributed by atoms with Crippen molar-refractivity contribution in [3.63, 3.8) is 0 Å². The molecule has 0 fully saturated rings. The quantitative estimate of drug-likeness (QED) is 0.531. The molecular formula is C21H24N2O4S2. The van der Waals surface area contributed by atoms with Crippen LogP contribution in [0.4, 0.5) is 5.69 Å². The Morgan fingerprint density at radius 3 is 2.59 bits per heavy atom. The summed E-state index contributed by atoms with van der Waals surface area (Å²) in [5.41, 5.74) is 4.09. The first-order valence-electron chi connectivity index (χ1n) is 9.02. The van der Waals surface area contributed by atoms with Gasteiger partial charge in [-0.2, -0.15) is 0 Å². The first-order chi connectivity index (χ1) is 13.6. The Hall–Kier alpha value is -2.26. The molecule has 0 radical (unpaired) electrons. The number of rotatable bonds is 7. The summed E-state index contributed by atoms with van der Waals surface area (Å²) < 4.78 is 25.3. The lowest BCUT2D eigenvalue weighted by Crippen LogP contribution is -2.31. The number of aryl methyl sites for hydroxylation is 1. The van der Waals surface area contributed by atoms with Gasteiger partial charge in [-0.3, -0.25) is 9.71 Å². The summed E-state index contributed by atoms with van der Waals surface area (Å²) in [6, 6.07) is 11.4. The van der Waals surface area contributed by atoms with E-state index in [0.29, 0.717) is 11.4 Å². The largest absolute Gasteiger partial charge is 0.393 e. The Labute approximate surface area is 174 Å². The smallest absolute Gasteiger partial charge is 0.229 e. The van der Waals surface area contributed by atoms with Gasteiger partial charge in [0, 0.05) is 28.9 Å². The molecule has 8 heteroatoms. The molecule has 1 atom stereocenters. The van der Waals surface area contributed by atoms with Gasteiger partial charge in [-0.25, -0.2) is 8.42 Å². The van der Waals surface area contributed by atoms with E-state index in [1.165, 1.54) is 0 Å². The molecule has 0 aliphatic rings. The van der Waals surface area contributed by atoms with E-state index in [4.69, 9.17) is 0 Å². The molecule has 29 heavy (non-hydrogen) atoms. The number of aromatic nitrogens is 1. The highest BCUT2D eigenvalue weighted by Gasteiger charge is 2.20. The molecule has 6 nitrogen and oxygen atoms in total. The monoisotopic (exact) mass is 432 g/mol. The van der Waals surface area contributed by atoms with Crippen molar-refractivity contribution in [1.29, 1.82) is 0 Å². The molecule has 2 heterocycles. The maximum absolute atomic E-state index is 11.4. The molecule has 0 amide bonds. The lowest BCUT2D eigenvalue weighted by atomic mass is 9.99. The molecule has 0 saturated heterocycles. The zero-order valence-electron chi connectivity index (χ0n) is 16.5. The highest BCUT2D eigenvalue weighted by molar-refractivity contribution is 7.92. The van der Waals surface area contributed by atoms with E-state index in [9.17, 15) is 18.6 Å². The van der Waals surface area contributed by atoms with Crippen LogP contribution >= 0.6 is 11.3 Å². The third-order valence-corrected chi connectivity index (χ3v) is 6.03. The number of pyridine rings is 1. The summed E-state index contributed by atoms with van der Waals surface area (Å²) in [4.78, 5) is 5.35. The van der Waals surface area contributed by atoms with Crippen molar-refractivity contribution < 1.29 is 18.6 Å². The lowest BCUT2D eigenvalue weighted by molar-refractivity contribution is 0.00160. The van der Waals surface area contributed by atoms with Crippen molar-refractivity contribution in [3.05, 3.63) is 59.2 Å². The predicted octanol–water partition coefficient (Wildman–Crippen LogP) is 3.44. The summed E-state index contributed by atoms with van der Waals surface area (Å²) in [5, 5.41) is 21.4. The van der Waals surface area contributed by atoms with Gasteiger partial charge in [-0.15, -0.1) is 11.3 Å². The SMILES string of the molecule is Cc1cc(NS(C)(=O)=O)ccc1-c1csc(-c2ccnc(CC(C)(O)CO)c2)c1. The number of anilines is 1. The first kappa shape index (κ1) is 21.4. The Bertz CT molecular complexity index is 1120. The van der Waals surface area contributed by atoms with Gasteiger partial charge in [0.05, 0.1) is 18.5 Å². The third-order valence-electron chi connectivity index (χ3n) is 4.44. The molecule has 0 saturated carbocycles. The Kier molecular flexibility index (Phi) is 6.09. The number of nitrogens with one attached hydrogen (secondary N) is 1. The van der Waals surface area contributed by atoms with Gasteiger partial charge in [-0.1, -0.05) is 6.07 Å². The van der Waals surface area contributed by atoms with Gasteiger partial charge < -0.3 is 10.2 Å². The van der Waals surface area contributed by atoms with Crippen molar-refractivity contribution in [2.75, 3.05) is 17.6 Å². The molecule has 0 aliphatic heterocycles. The average molecular weight is 433 g/mol. The molecule has 0 spiro atoms. The summed E-state index contributed by atoms with van der Waals surface area (Å²) >= 11 is 1.60. The summed E-state index contributed by atoms with van der Waals surface area (Å²) in [5.74, 6) is 0. The van der Waals surface area contributed by atoms with Gasteiger partial charge in [0.25, 0.3) is 0 Å². The average Bonchev–Trinajstić information content (AvgIpc) is 3.10. The first-order valence-corrected chi connectivity index (χ1v) is 11.8. The van der Waals surface area contributed by atoms with Crippen LogP contribution in [0.2, 0.25) is 0 Å². The number of benzene rings is 1. The van der Waals surface area contributed by atoms with E-state index in [-0.39, 0.29) is 13.0 Å². The molecular weight excluding hydrogens is 408 g/mol. The maximum atomic E-state index is 11.4. The third kappa shape index (κ3) is 5.63. The summed E-state index contributed by atoms with van der Waals surface area (Å²) in [6.45, 7) is 3.20. The van der Waals surface area contributed by atoms with Crippen molar-refractivity contribution in [3.8, 4) is 21.6 Å². The van der Waals surface area contributed by atoms with E-state index in [2.05, 4.69) is 21.2 Å². The van der Waals surface area contributed by atoms with Crippen LogP contribution < -0.4 is 4.72 Å². The van der Waals surface area contributed by atoms with Crippen LogP contribution in [0, 0.1) is 6.92 Å². The van der Waals surface area contributed by atoms with Gasteiger partial charge in [0.2, 0.25) is 10.0 Å². The molecule has 154 valence electrons. The van der Waals surface area contributed by atoms with Crippen LogP contribution in [-0.2, 0) is 16.4 Å². The number of aliphatic hydroxyl groups is 2. The molecule has 3 aromatic rings. The standard InChI is InChI=1S/C21H24N2O4S2/c1-14-8-17(23-29(3,26)27)4-5-19(14)16-10-20(28-12-16)15-6-7-22-18(9-15)11-21(2,25)13-24/h4-10,12,23-25H,11,13H2,1-3H3. The van der Waals surface area contributed by atoms with E-state index in [0.717, 1.165) is 33.4 Å². The second kappa shape index (κ2) is 8.23. The van der Waals surface area contributed by atoms with Crippen molar-refractivity contribution in [2.45, 2.75) is 25.9 Å². The van der Waals surface area contributed by atoms with Gasteiger partial charge in [0.15, 0.2) is 0 Å². The summed E-state index contributed by atoms with van der Waals surface area (Å²) in [6.07, 6.45) is 3.10.